The molecule has 0 atom stereocenters. The van der Waals surface area contributed by atoms with Gasteiger partial charge in [0.05, 0.1) is 18.2 Å². The fourth-order valence-corrected chi connectivity index (χ4v) is 1.48. The molecule has 1 rings (SSSR count). The van der Waals surface area contributed by atoms with Gasteiger partial charge < -0.3 is 9.47 Å². The van der Waals surface area contributed by atoms with Gasteiger partial charge in [-0.25, -0.2) is 9.59 Å². The summed E-state index contributed by atoms with van der Waals surface area (Å²) in [6.45, 7) is 1.97. The van der Waals surface area contributed by atoms with Gasteiger partial charge in [-0.15, -0.1) is 0 Å². The maximum atomic E-state index is 11.5. The van der Waals surface area contributed by atoms with Crippen molar-refractivity contribution in [3.63, 3.8) is 0 Å². The van der Waals surface area contributed by atoms with Crippen molar-refractivity contribution in [2.75, 3.05) is 6.61 Å². The lowest BCUT2D eigenvalue weighted by molar-refractivity contribution is -0.137. The van der Waals surface area contributed by atoms with Crippen LogP contribution in [-0.4, -0.2) is 18.5 Å². The van der Waals surface area contributed by atoms with E-state index in [4.69, 9.17) is 4.74 Å². The molecule has 1 aromatic rings. The Kier molecular flexibility index (Phi) is 5.42. The second-order valence-electron chi connectivity index (χ2n) is 2.94. The number of carbonyl (C=O) groups is 2. The van der Waals surface area contributed by atoms with Crippen LogP contribution in [0.15, 0.2) is 41.1 Å². The molecule has 17 heavy (non-hydrogen) atoms. The first-order valence-electron chi connectivity index (χ1n) is 4.94. The minimum Gasteiger partial charge on any atom is -0.463 e. The fraction of sp³-hybridized carbons (Fsp3) is 0.167. The largest absolute Gasteiger partial charge is 0.463 e. The highest BCUT2D eigenvalue weighted by Gasteiger charge is 2.09. The minimum atomic E-state index is -0.549. The van der Waals surface area contributed by atoms with Crippen LogP contribution in [0.25, 0.3) is 0 Å². The quantitative estimate of drug-likeness (QED) is 0.487. The Morgan fingerprint density at radius 1 is 1.35 bits per heavy atom. The third-order valence-electron chi connectivity index (χ3n) is 1.76. The predicted molar refractivity (Wildman–Crippen MR) is 65.3 cm³/mol. The molecule has 0 unspecified atom stereocenters. The molecular weight excluding hydrogens is 288 g/mol. The van der Waals surface area contributed by atoms with Gasteiger partial charge in [-0.3, -0.25) is 0 Å². The smallest absolute Gasteiger partial charge is 0.344 e. The van der Waals surface area contributed by atoms with Crippen LogP contribution in [0.3, 0.4) is 0 Å². The average molecular weight is 299 g/mol. The zero-order chi connectivity index (χ0) is 12.7. The maximum Gasteiger partial charge on any atom is 0.344 e. The molecule has 0 fully saturated rings. The Balaban J connectivity index is 2.56. The van der Waals surface area contributed by atoms with Gasteiger partial charge >= 0.3 is 11.9 Å². The number of ether oxygens (including phenoxy) is 2. The molecule has 0 amide bonds. The molecule has 0 radical (unpaired) electrons. The molecule has 0 heterocycles. The van der Waals surface area contributed by atoms with Gasteiger partial charge in [-0.2, -0.15) is 0 Å². The first-order chi connectivity index (χ1) is 8.15. The summed E-state index contributed by atoms with van der Waals surface area (Å²) in [5.41, 5.74) is 0.390. The van der Waals surface area contributed by atoms with Gasteiger partial charge in [0.1, 0.15) is 6.26 Å². The third kappa shape index (κ3) is 4.40. The molecule has 0 spiro atoms. The van der Waals surface area contributed by atoms with Crippen LogP contribution in [0.5, 0.6) is 0 Å². The molecule has 0 saturated heterocycles. The minimum absolute atomic E-state index is 0.279. The Morgan fingerprint density at radius 2 is 2.06 bits per heavy atom. The summed E-state index contributed by atoms with van der Waals surface area (Å²) in [6, 6.07) is 6.85. The van der Waals surface area contributed by atoms with E-state index in [1.807, 2.05) is 0 Å². The van der Waals surface area contributed by atoms with E-state index in [0.717, 1.165) is 12.3 Å². The number of halogens is 1. The van der Waals surface area contributed by atoms with Crippen LogP contribution in [0.2, 0.25) is 0 Å². The third-order valence-corrected chi connectivity index (χ3v) is 2.45. The second kappa shape index (κ2) is 6.85. The van der Waals surface area contributed by atoms with Gasteiger partial charge in [0.25, 0.3) is 0 Å². The summed E-state index contributed by atoms with van der Waals surface area (Å²) in [4.78, 5) is 22.5. The molecule has 1 aromatic carbocycles. The summed E-state index contributed by atoms with van der Waals surface area (Å²) in [7, 11) is 0. The fourth-order valence-electron chi connectivity index (χ4n) is 1.03. The van der Waals surface area contributed by atoms with E-state index >= 15 is 0 Å². The highest BCUT2D eigenvalue weighted by molar-refractivity contribution is 9.10. The van der Waals surface area contributed by atoms with E-state index in [-0.39, 0.29) is 6.61 Å². The van der Waals surface area contributed by atoms with Crippen molar-refractivity contribution in [2.45, 2.75) is 6.92 Å². The van der Waals surface area contributed by atoms with Gasteiger partial charge in [-0.1, -0.05) is 12.1 Å². The first kappa shape index (κ1) is 13.4. The zero-order valence-electron chi connectivity index (χ0n) is 9.18. The van der Waals surface area contributed by atoms with Crippen LogP contribution in [0.1, 0.15) is 17.3 Å². The Bertz CT molecular complexity index is 440. The maximum absolute atomic E-state index is 11.5. The van der Waals surface area contributed by atoms with Gasteiger partial charge in [0.2, 0.25) is 0 Å². The lowest BCUT2D eigenvalue weighted by Crippen LogP contribution is -2.03. The van der Waals surface area contributed by atoms with Crippen molar-refractivity contribution in [1.29, 1.82) is 0 Å². The lowest BCUT2D eigenvalue weighted by atomic mass is 10.2. The van der Waals surface area contributed by atoms with E-state index < -0.39 is 11.9 Å². The van der Waals surface area contributed by atoms with Crippen molar-refractivity contribution in [2.24, 2.45) is 0 Å². The molecule has 0 N–H and O–H groups in total. The molecule has 0 bridgehead atoms. The molecule has 5 heteroatoms. The van der Waals surface area contributed by atoms with Crippen LogP contribution < -0.4 is 0 Å². The first-order valence-corrected chi connectivity index (χ1v) is 5.73. The summed E-state index contributed by atoms with van der Waals surface area (Å²) in [5.74, 6) is -1.09. The van der Waals surface area contributed by atoms with Crippen LogP contribution in [0.4, 0.5) is 0 Å². The molecule has 4 nitrogen and oxygen atoms in total. The van der Waals surface area contributed by atoms with E-state index in [9.17, 15) is 9.59 Å². The molecule has 0 aliphatic carbocycles. The number of esters is 2. The summed E-state index contributed by atoms with van der Waals surface area (Å²) < 4.78 is 10.0. The zero-order valence-corrected chi connectivity index (χ0v) is 10.8. The van der Waals surface area contributed by atoms with Gasteiger partial charge in [0.15, 0.2) is 0 Å². The number of hydrogen-bond donors (Lipinski definition) is 0. The number of rotatable bonds is 4. The Morgan fingerprint density at radius 3 is 2.71 bits per heavy atom. The summed E-state index contributed by atoms with van der Waals surface area (Å²) >= 11 is 3.23. The van der Waals surface area contributed by atoms with Gasteiger partial charge in [-0.05, 0) is 35.0 Å². The van der Waals surface area contributed by atoms with E-state index in [2.05, 4.69) is 20.7 Å². The summed E-state index contributed by atoms with van der Waals surface area (Å²) in [5, 5.41) is 0. The Hall–Kier alpha value is -1.62. The number of benzene rings is 1. The molecule has 0 aliphatic heterocycles. The molecule has 0 aromatic heterocycles. The van der Waals surface area contributed by atoms with Crippen LogP contribution in [0, 0.1) is 0 Å². The number of hydrogen-bond acceptors (Lipinski definition) is 4. The topological polar surface area (TPSA) is 52.6 Å². The highest BCUT2D eigenvalue weighted by atomic mass is 79.9. The molecule has 90 valence electrons. The van der Waals surface area contributed by atoms with E-state index in [1.54, 1.807) is 31.2 Å². The molecule has 0 saturated carbocycles. The summed E-state index contributed by atoms with van der Waals surface area (Å²) in [6.07, 6.45) is 2.07. The number of carbonyl (C=O) groups excluding carboxylic acids is 2. The van der Waals surface area contributed by atoms with Crippen molar-refractivity contribution in [3.05, 3.63) is 46.6 Å². The van der Waals surface area contributed by atoms with Crippen molar-refractivity contribution >= 4 is 27.9 Å². The van der Waals surface area contributed by atoms with E-state index in [0.29, 0.717) is 10.0 Å². The monoisotopic (exact) mass is 298 g/mol. The van der Waals surface area contributed by atoms with Crippen molar-refractivity contribution < 1.29 is 19.1 Å². The molecule has 0 aliphatic rings. The highest BCUT2D eigenvalue weighted by Crippen LogP contribution is 2.16. The second-order valence-corrected chi connectivity index (χ2v) is 3.79. The van der Waals surface area contributed by atoms with Crippen molar-refractivity contribution in [1.82, 2.24) is 0 Å². The lowest BCUT2D eigenvalue weighted by Gasteiger charge is -2.01. The average Bonchev–Trinajstić information content (AvgIpc) is 2.29. The molecular formula is C12H11BrO4. The Labute approximate surface area is 107 Å². The predicted octanol–water partition coefficient (Wildman–Crippen LogP) is 2.68. The van der Waals surface area contributed by atoms with Gasteiger partial charge in [0, 0.05) is 4.47 Å². The van der Waals surface area contributed by atoms with Crippen molar-refractivity contribution in [3.8, 4) is 0 Å². The SMILES string of the molecule is CCOC(=O)/C=C/OC(=O)c1ccccc1Br. The van der Waals surface area contributed by atoms with Crippen LogP contribution in [-0.2, 0) is 14.3 Å². The normalized spacial score (nSPS) is 10.2. The van der Waals surface area contributed by atoms with E-state index in [1.165, 1.54) is 0 Å². The van der Waals surface area contributed by atoms with Crippen LogP contribution >= 0.6 is 15.9 Å². The standard InChI is InChI=1S/C12H11BrO4/c1-2-16-11(14)7-8-17-12(15)9-5-3-4-6-10(9)13/h3-8H,2H2,1H3/b8-7+.